The first kappa shape index (κ1) is 16.6. The molecule has 1 amide bonds. The van der Waals surface area contributed by atoms with Crippen LogP contribution in [0, 0.1) is 13.8 Å². The summed E-state index contributed by atoms with van der Waals surface area (Å²) in [6.07, 6.45) is -1.14. The van der Waals surface area contributed by atoms with E-state index in [1.807, 2.05) is 37.3 Å². The van der Waals surface area contributed by atoms with Crippen LogP contribution in [0.1, 0.15) is 33.3 Å². The van der Waals surface area contributed by atoms with Gasteiger partial charge in [-0.25, -0.2) is 4.79 Å². The van der Waals surface area contributed by atoms with Crippen LogP contribution in [0.5, 0.6) is 0 Å². The number of aromatic nitrogens is 1. The number of fused-ring (bicyclic) bond motifs is 1. The molecule has 0 spiro atoms. The maximum atomic E-state index is 12.7. The van der Waals surface area contributed by atoms with E-state index < -0.39 is 18.0 Å². The summed E-state index contributed by atoms with van der Waals surface area (Å²) in [4.78, 5) is 29.0. The molecule has 25 heavy (non-hydrogen) atoms. The number of pyridine rings is 1. The molecular weight excluding hydrogens is 316 g/mol. The summed E-state index contributed by atoms with van der Waals surface area (Å²) in [7, 11) is 0. The van der Waals surface area contributed by atoms with Gasteiger partial charge >= 0.3 is 5.97 Å². The summed E-state index contributed by atoms with van der Waals surface area (Å²) in [6.45, 7) is 3.59. The van der Waals surface area contributed by atoms with E-state index in [1.165, 1.54) is 0 Å². The van der Waals surface area contributed by atoms with Gasteiger partial charge in [0.1, 0.15) is 0 Å². The smallest absolute Gasteiger partial charge is 0.341 e. The SMILES string of the molecule is Cc1nc2ccccc2c(C)c1C(=O)OC(C(N)=O)c1ccccc1. The zero-order chi connectivity index (χ0) is 18.0. The Kier molecular flexibility index (Phi) is 4.48. The van der Waals surface area contributed by atoms with Crippen LogP contribution in [0.25, 0.3) is 10.9 Å². The first-order valence-corrected chi connectivity index (χ1v) is 7.90. The van der Waals surface area contributed by atoms with Crippen molar-refractivity contribution in [1.82, 2.24) is 4.98 Å². The molecule has 0 aliphatic carbocycles. The number of primary amides is 1. The van der Waals surface area contributed by atoms with Crippen molar-refractivity contribution >= 4 is 22.8 Å². The van der Waals surface area contributed by atoms with Crippen LogP contribution in [-0.2, 0) is 9.53 Å². The minimum Gasteiger partial charge on any atom is -0.444 e. The number of nitrogens with two attached hydrogens (primary N) is 1. The second kappa shape index (κ2) is 6.73. The van der Waals surface area contributed by atoms with Crippen LogP contribution >= 0.6 is 0 Å². The van der Waals surface area contributed by atoms with Gasteiger partial charge in [-0.3, -0.25) is 9.78 Å². The Morgan fingerprint density at radius 1 is 1.00 bits per heavy atom. The van der Waals surface area contributed by atoms with Gasteiger partial charge in [-0.15, -0.1) is 0 Å². The van der Waals surface area contributed by atoms with Crippen molar-refractivity contribution in [3.05, 3.63) is 77.0 Å². The number of ether oxygens (including phenoxy) is 1. The molecule has 5 nitrogen and oxygen atoms in total. The number of para-hydroxylation sites is 1. The Morgan fingerprint density at radius 3 is 2.32 bits per heavy atom. The molecule has 1 heterocycles. The fourth-order valence-electron chi connectivity index (χ4n) is 2.92. The van der Waals surface area contributed by atoms with Crippen LogP contribution in [0.2, 0.25) is 0 Å². The largest absolute Gasteiger partial charge is 0.444 e. The summed E-state index contributed by atoms with van der Waals surface area (Å²) >= 11 is 0. The molecule has 1 unspecified atom stereocenters. The number of nitrogens with zero attached hydrogens (tertiary/aromatic N) is 1. The van der Waals surface area contributed by atoms with Gasteiger partial charge in [0.2, 0.25) is 6.10 Å². The molecular formula is C20H18N2O3. The Hall–Kier alpha value is -3.21. The molecule has 1 aromatic heterocycles. The lowest BCUT2D eigenvalue weighted by Crippen LogP contribution is -2.27. The zero-order valence-electron chi connectivity index (χ0n) is 14.0. The van der Waals surface area contributed by atoms with Crippen molar-refractivity contribution in [3.8, 4) is 0 Å². The van der Waals surface area contributed by atoms with Crippen molar-refractivity contribution in [3.63, 3.8) is 0 Å². The topological polar surface area (TPSA) is 82.3 Å². The molecule has 3 aromatic rings. The molecule has 1 atom stereocenters. The number of carbonyl (C=O) groups is 2. The monoisotopic (exact) mass is 334 g/mol. The lowest BCUT2D eigenvalue weighted by molar-refractivity contribution is -0.127. The fourth-order valence-corrected chi connectivity index (χ4v) is 2.92. The average Bonchev–Trinajstić information content (AvgIpc) is 2.60. The fraction of sp³-hybridized carbons (Fsp3) is 0.150. The van der Waals surface area contributed by atoms with E-state index in [1.54, 1.807) is 31.2 Å². The predicted octanol–water partition coefficient (Wildman–Crippen LogP) is 3.24. The standard InChI is InChI=1S/C20H18N2O3/c1-12-15-10-6-7-11-16(15)22-13(2)17(12)20(24)25-18(19(21)23)14-8-4-3-5-9-14/h3-11,18H,1-2H3,(H2,21,23). The van der Waals surface area contributed by atoms with Gasteiger partial charge in [0, 0.05) is 10.9 Å². The van der Waals surface area contributed by atoms with Gasteiger partial charge in [0.25, 0.3) is 5.91 Å². The predicted molar refractivity (Wildman–Crippen MR) is 95.0 cm³/mol. The number of carbonyl (C=O) groups excluding carboxylic acids is 2. The number of hydrogen-bond donors (Lipinski definition) is 1. The molecule has 0 saturated carbocycles. The highest BCUT2D eigenvalue weighted by Gasteiger charge is 2.26. The summed E-state index contributed by atoms with van der Waals surface area (Å²) in [5, 5.41) is 0.871. The Morgan fingerprint density at radius 2 is 1.64 bits per heavy atom. The molecule has 0 fully saturated rings. The maximum absolute atomic E-state index is 12.7. The average molecular weight is 334 g/mol. The van der Waals surface area contributed by atoms with E-state index in [0.29, 0.717) is 16.8 Å². The molecule has 2 aromatic carbocycles. The minimum absolute atomic E-state index is 0.362. The molecule has 3 rings (SSSR count). The number of amides is 1. The van der Waals surface area contributed by atoms with Gasteiger partial charge in [0.15, 0.2) is 0 Å². The second-order valence-electron chi connectivity index (χ2n) is 5.81. The number of rotatable bonds is 4. The molecule has 5 heteroatoms. The summed E-state index contributed by atoms with van der Waals surface area (Å²) < 4.78 is 5.44. The van der Waals surface area contributed by atoms with Crippen LogP contribution in [0.4, 0.5) is 0 Å². The highest BCUT2D eigenvalue weighted by molar-refractivity contribution is 5.99. The molecule has 0 aliphatic rings. The molecule has 126 valence electrons. The van der Waals surface area contributed by atoms with Crippen LogP contribution in [0.15, 0.2) is 54.6 Å². The molecule has 0 bridgehead atoms. The van der Waals surface area contributed by atoms with E-state index in [2.05, 4.69) is 4.98 Å². The Bertz CT molecular complexity index is 952. The molecule has 0 saturated heterocycles. The lowest BCUT2D eigenvalue weighted by Gasteiger charge is -2.17. The maximum Gasteiger partial charge on any atom is 0.341 e. The van der Waals surface area contributed by atoms with Crippen molar-refractivity contribution in [2.45, 2.75) is 20.0 Å². The van der Waals surface area contributed by atoms with E-state index in [4.69, 9.17) is 10.5 Å². The molecule has 0 radical (unpaired) electrons. The number of benzene rings is 2. The highest BCUT2D eigenvalue weighted by atomic mass is 16.5. The van der Waals surface area contributed by atoms with Crippen molar-refractivity contribution in [2.75, 3.05) is 0 Å². The van der Waals surface area contributed by atoms with E-state index in [9.17, 15) is 9.59 Å². The second-order valence-corrected chi connectivity index (χ2v) is 5.81. The highest BCUT2D eigenvalue weighted by Crippen LogP contribution is 2.25. The third-order valence-electron chi connectivity index (χ3n) is 4.12. The van der Waals surface area contributed by atoms with Crippen LogP contribution in [0.3, 0.4) is 0 Å². The van der Waals surface area contributed by atoms with E-state index in [-0.39, 0.29) is 0 Å². The normalized spacial score (nSPS) is 11.9. The first-order chi connectivity index (χ1) is 12.0. The van der Waals surface area contributed by atoms with Gasteiger partial charge in [0.05, 0.1) is 16.8 Å². The van der Waals surface area contributed by atoms with E-state index >= 15 is 0 Å². The van der Waals surface area contributed by atoms with Crippen molar-refractivity contribution < 1.29 is 14.3 Å². The quantitative estimate of drug-likeness (QED) is 0.743. The van der Waals surface area contributed by atoms with Crippen LogP contribution < -0.4 is 5.73 Å². The zero-order valence-corrected chi connectivity index (χ0v) is 14.0. The van der Waals surface area contributed by atoms with Crippen molar-refractivity contribution in [1.29, 1.82) is 0 Å². The van der Waals surface area contributed by atoms with Gasteiger partial charge in [-0.1, -0.05) is 48.5 Å². The van der Waals surface area contributed by atoms with Crippen LogP contribution in [-0.4, -0.2) is 16.9 Å². The minimum atomic E-state index is -1.14. The van der Waals surface area contributed by atoms with Gasteiger partial charge in [-0.2, -0.15) is 0 Å². The van der Waals surface area contributed by atoms with Crippen molar-refractivity contribution in [2.24, 2.45) is 5.73 Å². The third-order valence-corrected chi connectivity index (χ3v) is 4.12. The number of esters is 1. The van der Waals surface area contributed by atoms with E-state index in [0.717, 1.165) is 16.5 Å². The molecule has 0 aliphatic heterocycles. The Labute approximate surface area is 145 Å². The first-order valence-electron chi connectivity index (χ1n) is 7.90. The number of hydrogen-bond acceptors (Lipinski definition) is 4. The third kappa shape index (κ3) is 3.21. The van der Waals surface area contributed by atoms with Gasteiger partial charge < -0.3 is 10.5 Å². The number of aryl methyl sites for hydroxylation is 2. The molecule has 2 N–H and O–H groups in total. The summed E-state index contributed by atoms with van der Waals surface area (Å²) in [5.41, 5.74) is 8.46. The lowest BCUT2D eigenvalue weighted by atomic mass is 10.0. The Balaban J connectivity index is 2.00. The summed E-state index contributed by atoms with van der Waals surface area (Å²) in [5.74, 6) is -1.33. The summed E-state index contributed by atoms with van der Waals surface area (Å²) in [6, 6.07) is 16.3. The van der Waals surface area contributed by atoms with Gasteiger partial charge in [-0.05, 0) is 25.5 Å².